The van der Waals surface area contributed by atoms with Gasteiger partial charge in [-0.25, -0.2) is 14.2 Å². The Labute approximate surface area is 145 Å². The minimum Gasteiger partial charge on any atom is -0.338 e. The highest BCUT2D eigenvalue weighted by atomic mass is 32.1. The molecule has 1 aliphatic heterocycles. The van der Waals surface area contributed by atoms with Crippen LogP contribution in [0.4, 0.5) is 9.18 Å². The number of halogens is 1. The first-order chi connectivity index (χ1) is 11.7. The predicted octanol–water partition coefficient (Wildman–Crippen LogP) is 2.80. The summed E-state index contributed by atoms with van der Waals surface area (Å²) in [5, 5.41) is 5.80. The van der Waals surface area contributed by atoms with Crippen molar-refractivity contribution in [2.24, 2.45) is 0 Å². The first-order valence-corrected chi connectivity index (χ1v) is 8.99. The minimum atomic E-state index is -0.236. The van der Waals surface area contributed by atoms with E-state index in [-0.39, 0.29) is 11.8 Å². The lowest BCUT2D eigenvalue weighted by Crippen LogP contribution is -2.51. The Morgan fingerprint density at radius 3 is 2.62 bits per heavy atom. The van der Waals surface area contributed by atoms with Crippen LogP contribution in [-0.4, -0.2) is 53.5 Å². The monoisotopic (exact) mass is 348 g/mol. The standard InChI is InChI=1S/C17H21FN4OS/c1-2-19-17(23)22-9-7-21(8-10-22)11-15-12-24-16(20-15)13-3-5-14(18)6-4-13/h3-6,12H,2,7-11H2,1H3,(H,19,23). The number of carbonyl (C=O) groups is 1. The summed E-state index contributed by atoms with van der Waals surface area (Å²) < 4.78 is 13.0. The van der Waals surface area contributed by atoms with E-state index in [1.165, 1.54) is 12.1 Å². The number of aromatic nitrogens is 1. The van der Waals surface area contributed by atoms with Crippen molar-refractivity contribution in [2.75, 3.05) is 32.7 Å². The third kappa shape index (κ3) is 4.10. The molecule has 0 saturated carbocycles. The summed E-state index contributed by atoms with van der Waals surface area (Å²) in [7, 11) is 0. The highest BCUT2D eigenvalue weighted by molar-refractivity contribution is 7.13. The fourth-order valence-electron chi connectivity index (χ4n) is 2.71. The Hall–Kier alpha value is -1.99. The topological polar surface area (TPSA) is 48.5 Å². The molecule has 2 heterocycles. The molecule has 5 nitrogen and oxygen atoms in total. The van der Waals surface area contributed by atoms with Crippen molar-refractivity contribution < 1.29 is 9.18 Å². The van der Waals surface area contributed by atoms with Crippen LogP contribution in [0, 0.1) is 5.82 Å². The molecule has 7 heteroatoms. The molecule has 1 saturated heterocycles. The average Bonchev–Trinajstić information content (AvgIpc) is 3.05. The van der Waals surface area contributed by atoms with E-state index in [0.29, 0.717) is 6.54 Å². The van der Waals surface area contributed by atoms with Crippen LogP contribution in [0.5, 0.6) is 0 Å². The van der Waals surface area contributed by atoms with Crippen molar-refractivity contribution in [1.29, 1.82) is 0 Å². The van der Waals surface area contributed by atoms with Crippen LogP contribution in [0.3, 0.4) is 0 Å². The molecule has 0 aliphatic carbocycles. The summed E-state index contributed by atoms with van der Waals surface area (Å²) in [6, 6.07) is 6.43. The number of nitrogens with one attached hydrogen (secondary N) is 1. The highest BCUT2D eigenvalue weighted by Gasteiger charge is 2.21. The van der Waals surface area contributed by atoms with Crippen molar-refractivity contribution in [1.82, 2.24) is 20.1 Å². The third-order valence-electron chi connectivity index (χ3n) is 4.02. The van der Waals surface area contributed by atoms with Crippen molar-refractivity contribution in [3.05, 3.63) is 41.2 Å². The van der Waals surface area contributed by atoms with Crippen LogP contribution in [0.1, 0.15) is 12.6 Å². The lowest BCUT2D eigenvalue weighted by atomic mass is 10.2. The molecular formula is C17H21FN4OS. The van der Waals surface area contributed by atoms with Gasteiger partial charge in [0, 0.05) is 50.2 Å². The van der Waals surface area contributed by atoms with Crippen molar-refractivity contribution in [3.63, 3.8) is 0 Å². The molecule has 1 N–H and O–H groups in total. The van der Waals surface area contributed by atoms with Gasteiger partial charge in [-0.15, -0.1) is 11.3 Å². The van der Waals surface area contributed by atoms with E-state index in [2.05, 4.69) is 20.6 Å². The van der Waals surface area contributed by atoms with Gasteiger partial charge in [0.1, 0.15) is 10.8 Å². The quantitative estimate of drug-likeness (QED) is 0.924. The summed E-state index contributed by atoms with van der Waals surface area (Å²) in [6.07, 6.45) is 0. The smallest absolute Gasteiger partial charge is 0.317 e. The molecule has 0 radical (unpaired) electrons. The molecule has 1 fully saturated rings. The average molecular weight is 348 g/mol. The van der Waals surface area contributed by atoms with E-state index >= 15 is 0 Å². The summed E-state index contributed by atoms with van der Waals surface area (Å²) in [5.74, 6) is -0.236. The van der Waals surface area contributed by atoms with Crippen molar-refractivity contribution in [3.8, 4) is 10.6 Å². The molecule has 2 amide bonds. The Morgan fingerprint density at radius 1 is 1.25 bits per heavy atom. The predicted molar refractivity (Wildman–Crippen MR) is 93.4 cm³/mol. The van der Waals surface area contributed by atoms with Gasteiger partial charge in [0.25, 0.3) is 0 Å². The molecule has 1 aromatic carbocycles. The maximum Gasteiger partial charge on any atom is 0.317 e. The molecule has 3 rings (SSSR count). The van der Waals surface area contributed by atoms with Gasteiger partial charge >= 0.3 is 6.03 Å². The number of amides is 2. The lowest BCUT2D eigenvalue weighted by molar-refractivity contribution is 0.135. The minimum absolute atomic E-state index is 0.0180. The van der Waals surface area contributed by atoms with E-state index in [4.69, 9.17) is 0 Å². The van der Waals surface area contributed by atoms with Gasteiger partial charge in [0.05, 0.1) is 5.69 Å². The molecule has 1 aliphatic rings. The summed E-state index contributed by atoms with van der Waals surface area (Å²) >= 11 is 1.57. The van der Waals surface area contributed by atoms with Crippen LogP contribution in [0.25, 0.3) is 10.6 Å². The number of piperazine rings is 1. The van der Waals surface area contributed by atoms with E-state index in [1.807, 2.05) is 11.8 Å². The molecule has 0 unspecified atom stereocenters. The molecule has 128 valence electrons. The molecular weight excluding hydrogens is 327 g/mol. The zero-order valence-corrected chi connectivity index (χ0v) is 14.5. The van der Waals surface area contributed by atoms with Crippen LogP contribution < -0.4 is 5.32 Å². The normalized spacial score (nSPS) is 15.5. The fraction of sp³-hybridized carbons (Fsp3) is 0.412. The molecule has 0 spiro atoms. The van der Waals surface area contributed by atoms with Gasteiger partial charge in [-0.2, -0.15) is 0 Å². The van der Waals surface area contributed by atoms with Crippen LogP contribution in [0.2, 0.25) is 0 Å². The lowest BCUT2D eigenvalue weighted by Gasteiger charge is -2.34. The first-order valence-electron chi connectivity index (χ1n) is 8.11. The maximum atomic E-state index is 13.0. The van der Waals surface area contributed by atoms with E-state index in [0.717, 1.165) is 49.0 Å². The van der Waals surface area contributed by atoms with E-state index < -0.39 is 0 Å². The number of carbonyl (C=O) groups excluding carboxylic acids is 1. The molecule has 0 bridgehead atoms. The van der Waals surface area contributed by atoms with Gasteiger partial charge in [-0.05, 0) is 31.2 Å². The zero-order chi connectivity index (χ0) is 16.9. The Morgan fingerprint density at radius 2 is 1.96 bits per heavy atom. The number of thiazole rings is 1. The van der Waals surface area contributed by atoms with Gasteiger partial charge in [-0.3, -0.25) is 4.90 Å². The molecule has 0 atom stereocenters. The maximum absolute atomic E-state index is 13.0. The number of hydrogen-bond donors (Lipinski definition) is 1. The van der Waals surface area contributed by atoms with Gasteiger partial charge < -0.3 is 10.2 Å². The highest BCUT2D eigenvalue weighted by Crippen LogP contribution is 2.24. The largest absolute Gasteiger partial charge is 0.338 e. The van der Waals surface area contributed by atoms with E-state index in [9.17, 15) is 9.18 Å². The summed E-state index contributed by atoms with van der Waals surface area (Å²) in [6.45, 7) is 6.53. The number of rotatable bonds is 4. The second-order valence-corrected chi connectivity index (χ2v) is 6.61. The van der Waals surface area contributed by atoms with Crippen LogP contribution in [-0.2, 0) is 6.54 Å². The Kier molecular flexibility index (Phi) is 5.42. The first kappa shape index (κ1) is 16.9. The van der Waals surface area contributed by atoms with Gasteiger partial charge in [0.15, 0.2) is 0 Å². The van der Waals surface area contributed by atoms with Crippen LogP contribution in [0.15, 0.2) is 29.6 Å². The third-order valence-corrected chi connectivity index (χ3v) is 4.96. The summed E-state index contributed by atoms with van der Waals surface area (Å²) in [5.41, 5.74) is 1.96. The molecule has 24 heavy (non-hydrogen) atoms. The second-order valence-electron chi connectivity index (χ2n) is 5.75. The van der Waals surface area contributed by atoms with Crippen molar-refractivity contribution >= 4 is 17.4 Å². The van der Waals surface area contributed by atoms with Crippen LogP contribution >= 0.6 is 11.3 Å². The number of urea groups is 1. The van der Waals surface area contributed by atoms with E-state index in [1.54, 1.807) is 23.5 Å². The fourth-order valence-corrected chi connectivity index (χ4v) is 3.52. The van der Waals surface area contributed by atoms with Gasteiger partial charge in [-0.1, -0.05) is 0 Å². The molecule has 2 aromatic rings. The number of benzene rings is 1. The SMILES string of the molecule is CCNC(=O)N1CCN(Cc2csc(-c3ccc(F)cc3)n2)CC1. The second kappa shape index (κ2) is 7.72. The number of hydrogen-bond acceptors (Lipinski definition) is 4. The van der Waals surface area contributed by atoms with Crippen molar-refractivity contribution in [2.45, 2.75) is 13.5 Å². The zero-order valence-electron chi connectivity index (χ0n) is 13.7. The molecule has 1 aromatic heterocycles. The van der Waals surface area contributed by atoms with Gasteiger partial charge in [0.2, 0.25) is 0 Å². The summed E-state index contributed by atoms with van der Waals surface area (Å²) in [4.78, 5) is 20.6. The number of nitrogens with zero attached hydrogens (tertiary/aromatic N) is 3. The Bertz CT molecular complexity index is 680. The Balaban J connectivity index is 1.54.